The number of fused-ring (bicyclic) bond motifs is 1. The molecule has 3 N–H and O–H groups in total. The number of carbonyl (C=O) groups is 3. The molecule has 0 saturated carbocycles. The third-order valence-electron chi connectivity index (χ3n) is 9.14. The molecule has 268 valence electrons. The summed E-state index contributed by atoms with van der Waals surface area (Å²) in [5, 5.41) is 17.3. The van der Waals surface area contributed by atoms with Crippen molar-refractivity contribution in [3.63, 3.8) is 0 Å². The number of methoxy groups -OCH3 is 1. The fraction of sp³-hybridized carbons (Fsp3) is 0.474. The van der Waals surface area contributed by atoms with Crippen molar-refractivity contribution >= 4 is 18.1 Å². The Morgan fingerprint density at radius 1 is 0.980 bits per heavy atom. The summed E-state index contributed by atoms with van der Waals surface area (Å²) in [6, 6.07) is 21.3. The second kappa shape index (κ2) is 16.9. The van der Waals surface area contributed by atoms with Crippen LogP contribution in [0.4, 0.5) is 9.59 Å². The number of nitrogens with one attached hydrogen (secondary N) is 2. The van der Waals surface area contributed by atoms with Gasteiger partial charge >= 0.3 is 12.2 Å². The van der Waals surface area contributed by atoms with Gasteiger partial charge < -0.3 is 39.6 Å². The van der Waals surface area contributed by atoms with Crippen LogP contribution in [0, 0.1) is 11.3 Å². The number of nitrogens with zero attached hydrogens (tertiary/aromatic N) is 2. The SMILES string of the molecule is COC(=O)NC(C(=O)NC(Cc1ccc(-c2ccccn2)cc1)C(O)CCN(Cc1ccccc1)C(=O)O[C@H]1CO[C@H]2OCC[C@H]21)C(C)(C)C. The maximum Gasteiger partial charge on any atom is 0.410 e. The van der Waals surface area contributed by atoms with E-state index in [0.717, 1.165) is 28.8 Å². The van der Waals surface area contributed by atoms with Gasteiger partial charge in [-0.3, -0.25) is 9.78 Å². The first-order valence-electron chi connectivity index (χ1n) is 17.1. The van der Waals surface area contributed by atoms with Gasteiger partial charge in [-0.25, -0.2) is 9.59 Å². The van der Waals surface area contributed by atoms with Crippen LogP contribution in [-0.2, 0) is 36.7 Å². The lowest BCUT2D eigenvalue weighted by molar-refractivity contribution is -0.127. The van der Waals surface area contributed by atoms with Crippen molar-refractivity contribution in [2.24, 2.45) is 11.3 Å². The highest BCUT2D eigenvalue weighted by Crippen LogP contribution is 2.33. The topological polar surface area (TPSA) is 149 Å². The standard InChI is InChI=1S/C38H48N4O8/c1-38(2,3)33(41-36(45)47-4)34(44)40-30(22-25-13-15-27(16-14-25)29-12-8-9-19-39-29)31(43)17-20-42(23-26-10-6-5-7-11-26)37(46)50-32-24-49-35-28(32)18-21-48-35/h5-16,19,28,30-33,35,43H,17-18,20-24H2,1-4H3,(H,40,44)(H,41,45)/t28-,30?,31?,32-,33?,35+/m0/s1. The third-order valence-corrected chi connectivity index (χ3v) is 9.14. The van der Waals surface area contributed by atoms with Gasteiger partial charge in [0, 0.05) is 24.8 Å². The van der Waals surface area contributed by atoms with Crippen LogP contribution < -0.4 is 10.6 Å². The van der Waals surface area contributed by atoms with Crippen molar-refractivity contribution < 1.29 is 38.4 Å². The van der Waals surface area contributed by atoms with Gasteiger partial charge in [0.1, 0.15) is 12.1 Å². The molecule has 3 aromatic rings. The summed E-state index contributed by atoms with van der Waals surface area (Å²) >= 11 is 0. The number of alkyl carbamates (subject to hydrolysis) is 1. The van der Waals surface area contributed by atoms with Crippen LogP contribution in [0.25, 0.3) is 11.3 Å². The minimum Gasteiger partial charge on any atom is -0.453 e. The van der Waals surface area contributed by atoms with Crippen LogP contribution in [0.3, 0.4) is 0 Å². The molecular formula is C38H48N4O8. The Kier molecular flexibility index (Phi) is 12.4. The maximum atomic E-state index is 13.7. The summed E-state index contributed by atoms with van der Waals surface area (Å²) < 4.78 is 22.0. The average Bonchev–Trinajstić information content (AvgIpc) is 3.74. The van der Waals surface area contributed by atoms with Crippen LogP contribution in [0.15, 0.2) is 79.0 Å². The molecule has 3 amide bonds. The Balaban J connectivity index is 1.33. The van der Waals surface area contributed by atoms with E-state index < -0.39 is 47.8 Å². The molecule has 2 aliphatic heterocycles. The van der Waals surface area contributed by atoms with Gasteiger partial charge in [0.05, 0.1) is 44.1 Å². The smallest absolute Gasteiger partial charge is 0.410 e. The molecule has 50 heavy (non-hydrogen) atoms. The van der Waals surface area contributed by atoms with E-state index in [2.05, 4.69) is 15.6 Å². The highest BCUT2D eigenvalue weighted by molar-refractivity contribution is 5.86. The minimum absolute atomic E-state index is 0.0128. The molecule has 3 heterocycles. The first kappa shape index (κ1) is 36.8. The zero-order chi connectivity index (χ0) is 35.7. The first-order valence-corrected chi connectivity index (χ1v) is 17.1. The number of hydrogen-bond donors (Lipinski definition) is 3. The van der Waals surface area contributed by atoms with Crippen LogP contribution in [0.5, 0.6) is 0 Å². The number of ether oxygens (including phenoxy) is 4. The Morgan fingerprint density at radius 3 is 2.40 bits per heavy atom. The van der Waals surface area contributed by atoms with Crippen LogP contribution in [0.1, 0.15) is 44.7 Å². The van der Waals surface area contributed by atoms with Crippen molar-refractivity contribution in [2.75, 3.05) is 26.9 Å². The monoisotopic (exact) mass is 688 g/mol. The van der Waals surface area contributed by atoms with E-state index in [1.165, 1.54) is 7.11 Å². The third kappa shape index (κ3) is 9.80. The number of benzene rings is 2. The lowest BCUT2D eigenvalue weighted by Gasteiger charge is -2.33. The quantitative estimate of drug-likeness (QED) is 0.233. The van der Waals surface area contributed by atoms with Crippen LogP contribution in [0.2, 0.25) is 0 Å². The molecule has 1 aromatic heterocycles. The maximum absolute atomic E-state index is 13.7. The van der Waals surface area contributed by atoms with Gasteiger partial charge in [-0.05, 0) is 47.9 Å². The van der Waals surface area contributed by atoms with Crippen molar-refractivity contribution in [1.82, 2.24) is 20.5 Å². The molecule has 6 atom stereocenters. The van der Waals surface area contributed by atoms with Crippen molar-refractivity contribution in [3.05, 3.63) is 90.1 Å². The molecule has 12 heteroatoms. The Morgan fingerprint density at radius 2 is 1.72 bits per heavy atom. The molecule has 5 rings (SSSR count). The number of amides is 3. The molecule has 2 aromatic carbocycles. The summed E-state index contributed by atoms with van der Waals surface area (Å²) in [4.78, 5) is 45.5. The van der Waals surface area contributed by atoms with E-state index in [9.17, 15) is 19.5 Å². The molecule has 2 saturated heterocycles. The number of aromatic nitrogens is 1. The number of aliphatic hydroxyl groups is 1. The largest absolute Gasteiger partial charge is 0.453 e. The Hall–Kier alpha value is -4.52. The second-order valence-electron chi connectivity index (χ2n) is 13.9. The lowest BCUT2D eigenvalue weighted by atomic mass is 9.85. The van der Waals surface area contributed by atoms with E-state index in [-0.39, 0.29) is 44.7 Å². The zero-order valence-electron chi connectivity index (χ0n) is 29.1. The molecule has 3 unspecified atom stereocenters. The fourth-order valence-electron chi connectivity index (χ4n) is 6.28. The first-order chi connectivity index (χ1) is 24.0. The lowest BCUT2D eigenvalue weighted by Crippen LogP contribution is -2.57. The van der Waals surface area contributed by atoms with Gasteiger partial charge in [0.2, 0.25) is 5.91 Å². The van der Waals surface area contributed by atoms with Gasteiger partial charge in [-0.1, -0.05) is 81.4 Å². The summed E-state index contributed by atoms with van der Waals surface area (Å²) in [5.74, 6) is -0.478. The van der Waals surface area contributed by atoms with Gasteiger partial charge in [-0.15, -0.1) is 0 Å². The molecule has 2 aliphatic rings. The molecule has 2 fully saturated rings. The number of hydrogen-bond acceptors (Lipinski definition) is 9. The highest BCUT2D eigenvalue weighted by Gasteiger charge is 2.44. The summed E-state index contributed by atoms with van der Waals surface area (Å²) in [5.41, 5.74) is 2.88. The fourth-order valence-corrected chi connectivity index (χ4v) is 6.28. The molecule has 0 aliphatic carbocycles. The summed E-state index contributed by atoms with van der Waals surface area (Å²) in [6.07, 6.45) is -0.177. The molecule has 0 radical (unpaired) electrons. The van der Waals surface area contributed by atoms with Gasteiger partial charge in [0.25, 0.3) is 0 Å². The molecular weight excluding hydrogens is 640 g/mol. The predicted octanol–water partition coefficient (Wildman–Crippen LogP) is 4.70. The second-order valence-corrected chi connectivity index (χ2v) is 13.9. The van der Waals surface area contributed by atoms with E-state index in [4.69, 9.17) is 18.9 Å². The van der Waals surface area contributed by atoms with Crippen molar-refractivity contribution in [2.45, 2.75) is 77.2 Å². The summed E-state index contributed by atoms with van der Waals surface area (Å²) in [6.45, 7) is 6.75. The van der Waals surface area contributed by atoms with Crippen molar-refractivity contribution in [1.29, 1.82) is 0 Å². The van der Waals surface area contributed by atoms with E-state index in [0.29, 0.717) is 6.61 Å². The zero-order valence-corrected chi connectivity index (χ0v) is 29.1. The number of carbonyl (C=O) groups excluding carboxylic acids is 3. The van der Waals surface area contributed by atoms with Gasteiger partial charge in [-0.2, -0.15) is 0 Å². The molecule has 0 spiro atoms. The molecule has 0 bridgehead atoms. The minimum atomic E-state index is -1.07. The highest BCUT2D eigenvalue weighted by atomic mass is 16.7. The van der Waals surface area contributed by atoms with Crippen LogP contribution in [-0.4, -0.2) is 90.5 Å². The van der Waals surface area contributed by atoms with E-state index >= 15 is 0 Å². The molecule has 12 nitrogen and oxygen atoms in total. The average molecular weight is 689 g/mol. The van der Waals surface area contributed by atoms with E-state index in [1.807, 2.05) is 93.6 Å². The normalized spacial score (nSPS) is 20.2. The number of aliphatic hydroxyl groups excluding tert-OH is 1. The number of pyridine rings is 1. The Bertz CT molecular complexity index is 1550. The van der Waals surface area contributed by atoms with Gasteiger partial charge in [0.15, 0.2) is 6.29 Å². The van der Waals surface area contributed by atoms with Crippen molar-refractivity contribution in [3.8, 4) is 11.3 Å². The predicted molar refractivity (Wildman–Crippen MR) is 186 cm³/mol. The van der Waals surface area contributed by atoms with Crippen LogP contribution >= 0.6 is 0 Å². The summed E-state index contributed by atoms with van der Waals surface area (Å²) in [7, 11) is 1.24. The van der Waals surface area contributed by atoms with E-state index in [1.54, 1.807) is 11.1 Å². The Labute approximate surface area is 293 Å². The number of rotatable bonds is 13.